The monoisotopic (exact) mass is 301 g/mol. The summed E-state index contributed by atoms with van der Waals surface area (Å²) >= 11 is 0. The summed E-state index contributed by atoms with van der Waals surface area (Å²) in [7, 11) is 0. The summed E-state index contributed by atoms with van der Waals surface area (Å²) in [6.07, 6.45) is -0.449. The maximum absolute atomic E-state index is 12.0. The minimum atomic E-state index is -0.449. The van der Waals surface area contributed by atoms with Crippen LogP contribution in [-0.2, 0) is 11.3 Å². The van der Waals surface area contributed by atoms with Crippen molar-refractivity contribution in [3.8, 4) is 6.07 Å². The van der Waals surface area contributed by atoms with Crippen molar-refractivity contribution in [3.05, 3.63) is 35.4 Å². The van der Waals surface area contributed by atoms with Crippen LogP contribution in [0, 0.1) is 17.2 Å². The van der Waals surface area contributed by atoms with E-state index in [1.54, 1.807) is 24.3 Å². The lowest BCUT2D eigenvalue weighted by atomic mass is 10.1. The Morgan fingerprint density at radius 2 is 2.09 bits per heavy atom. The molecule has 1 aliphatic heterocycles. The summed E-state index contributed by atoms with van der Waals surface area (Å²) in [6.45, 7) is 5.16. The average Bonchev–Trinajstić information content (AvgIpc) is 3.30. The van der Waals surface area contributed by atoms with Crippen molar-refractivity contribution in [2.24, 2.45) is 5.92 Å². The van der Waals surface area contributed by atoms with Crippen LogP contribution >= 0.6 is 0 Å². The number of hydrogen-bond donors (Lipinski definition) is 1. The van der Waals surface area contributed by atoms with Crippen LogP contribution < -0.4 is 5.32 Å². The molecule has 0 aliphatic carbocycles. The fourth-order valence-corrected chi connectivity index (χ4v) is 1.87. The van der Waals surface area contributed by atoms with Gasteiger partial charge in [0.05, 0.1) is 19.2 Å². The first-order valence-corrected chi connectivity index (χ1v) is 7.21. The predicted molar refractivity (Wildman–Crippen MR) is 79.9 cm³/mol. The highest BCUT2D eigenvalue weighted by molar-refractivity contribution is 5.96. The number of nitrogens with zero attached hydrogens (tertiary/aromatic N) is 2. The van der Waals surface area contributed by atoms with Crippen LogP contribution in [0.4, 0.5) is 4.79 Å². The Balaban J connectivity index is 1.81. The smallest absolute Gasteiger partial charge is 0.407 e. The number of ether oxygens (including phenoxy) is 1. The number of alkyl carbamates (subject to hydrolysis) is 1. The predicted octanol–water partition coefficient (Wildman–Crippen LogP) is 1.92. The molecule has 6 heteroatoms. The summed E-state index contributed by atoms with van der Waals surface area (Å²) in [4.78, 5) is 24.9. The number of benzene rings is 1. The first-order valence-electron chi connectivity index (χ1n) is 7.21. The number of hydrogen-bond acceptors (Lipinski definition) is 4. The molecule has 1 N–H and O–H groups in total. The van der Waals surface area contributed by atoms with E-state index in [2.05, 4.69) is 5.32 Å². The van der Waals surface area contributed by atoms with Crippen LogP contribution in [0.15, 0.2) is 24.3 Å². The molecule has 1 aromatic carbocycles. The highest BCUT2D eigenvalue weighted by atomic mass is 16.5. The van der Waals surface area contributed by atoms with Gasteiger partial charge in [-0.25, -0.2) is 4.79 Å². The molecular formula is C16H19N3O3. The molecule has 0 saturated carbocycles. The normalized spacial score (nSPS) is 16.1. The number of nitrogens with one attached hydrogen (secondary N) is 1. The highest BCUT2D eigenvalue weighted by Gasteiger charge is 2.38. The molecule has 0 radical (unpaired) electrons. The molecule has 0 spiro atoms. The van der Waals surface area contributed by atoms with Gasteiger partial charge in [-0.1, -0.05) is 26.0 Å². The molecule has 2 rings (SSSR count). The zero-order valence-electron chi connectivity index (χ0n) is 12.7. The Labute approximate surface area is 129 Å². The van der Waals surface area contributed by atoms with Gasteiger partial charge in [-0.05, 0) is 23.6 Å². The summed E-state index contributed by atoms with van der Waals surface area (Å²) in [5.41, 5.74) is 1.42. The number of carbonyl (C=O) groups excluding carboxylic acids is 2. The van der Waals surface area contributed by atoms with Crippen molar-refractivity contribution in [2.75, 3.05) is 13.2 Å². The van der Waals surface area contributed by atoms with Gasteiger partial charge in [0.1, 0.15) is 6.04 Å². The first kappa shape index (κ1) is 15.8. The average molecular weight is 301 g/mol. The molecule has 1 unspecified atom stereocenters. The van der Waals surface area contributed by atoms with Crippen LogP contribution in [-0.4, -0.2) is 36.1 Å². The zero-order valence-corrected chi connectivity index (χ0v) is 12.7. The zero-order chi connectivity index (χ0) is 16.1. The van der Waals surface area contributed by atoms with Crippen molar-refractivity contribution in [1.29, 1.82) is 5.26 Å². The summed E-state index contributed by atoms with van der Waals surface area (Å²) in [5, 5.41) is 11.4. The summed E-state index contributed by atoms with van der Waals surface area (Å²) < 4.78 is 5.01. The molecule has 0 bridgehead atoms. The van der Waals surface area contributed by atoms with Crippen molar-refractivity contribution < 1.29 is 14.3 Å². The number of carbonyl (C=O) groups is 2. The maximum atomic E-state index is 12.0. The fourth-order valence-electron chi connectivity index (χ4n) is 1.87. The molecule has 22 heavy (non-hydrogen) atoms. The van der Waals surface area contributed by atoms with Gasteiger partial charge >= 0.3 is 6.09 Å². The van der Waals surface area contributed by atoms with Crippen LogP contribution in [0.3, 0.4) is 0 Å². The van der Waals surface area contributed by atoms with Gasteiger partial charge in [0.2, 0.25) is 0 Å². The van der Waals surface area contributed by atoms with Crippen molar-refractivity contribution in [2.45, 2.75) is 26.4 Å². The Bertz CT molecular complexity index is 590. The molecule has 0 aromatic heterocycles. The van der Waals surface area contributed by atoms with E-state index in [1.807, 2.05) is 19.9 Å². The quantitative estimate of drug-likeness (QED) is 0.842. The number of rotatable bonds is 5. The Hall–Kier alpha value is -2.55. The third kappa shape index (κ3) is 4.22. The van der Waals surface area contributed by atoms with Gasteiger partial charge in [-0.2, -0.15) is 5.26 Å². The topological polar surface area (TPSA) is 82.2 Å². The van der Waals surface area contributed by atoms with E-state index < -0.39 is 6.09 Å². The molecule has 1 fully saturated rings. The van der Waals surface area contributed by atoms with Gasteiger partial charge < -0.3 is 15.0 Å². The van der Waals surface area contributed by atoms with E-state index in [9.17, 15) is 9.59 Å². The van der Waals surface area contributed by atoms with E-state index >= 15 is 0 Å². The maximum Gasteiger partial charge on any atom is 0.407 e. The van der Waals surface area contributed by atoms with E-state index in [0.717, 1.165) is 5.56 Å². The van der Waals surface area contributed by atoms with Crippen LogP contribution in [0.25, 0.3) is 0 Å². The molecule has 6 nitrogen and oxygen atoms in total. The molecule has 1 aromatic rings. The standard InChI is InChI=1S/C16H19N3O3/c1-11(2)10-22-16(21)18-8-12-3-5-13(6-4-12)15(20)19-9-14(19)7-17/h3-6,11,14H,8-10H2,1-2H3,(H,18,21). The third-order valence-corrected chi connectivity index (χ3v) is 3.21. The van der Waals surface area contributed by atoms with E-state index in [-0.39, 0.29) is 11.9 Å². The van der Waals surface area contributed by atoms with E-state index in [1.165, 1.54) is 4.90 Å². The van der Waals surface area contributed by atoms with Gasteiger partial charge in [-0.15, -0.1) is 0 Å². The Kier molecular flexibility index (Phi) is 4.99. The Morgan fingerprint density at radius 3 is 2.64 bits per heavy atom. The first-order chi connectivity index (χ1) is 10.5. The van der Waals surface area contributed by atoms with Crippen LogP contribution in [0.2, 0.25) is 0 Å². The van der Waals surface area contributed by atoms with Crippen LogP contribution in [0.5, 0.6) is 0 Å². The van der Waals surface area contributed by atoms with Crippen LogP contribution in [0.1, 0.15) is 29.8 Å². The van der Waals surface area contributed by atoms with Gasteiger partial charge in [0.25, 0.3) is 5.91 Å². The molecular weight excluding hydrogens is 282 g/mol. The lowest BCUT2D eigenvalue weighted by molar-refractivity contribution is 0.0879. The molecule has 2 amide bonds. The number of amides is 2. The Morgan fingerprint density at radius 1 is 1.41 bits per heavy atom. The van der Waals surface area contributed by atoms with E-state index in [0.29, 0.717) is 31.2 Å². The lowest BCUT2D eigenvalue weighted by Crippen LogP contribution is -2.25. The molecule has 1 aliphatic rings. The second-order valence-electron chi connectivity index (χ2n) is 5.65. The lowest BCUT2D eigenvalue weighted by Gasteiger charge is -2.09. The van der Waals surface area contributed by atoms with Gasteiger partial charge in [-0.3, -0.25) is 4.79 Å². The highest BCUT2D eigenvalue weighted by Crippen LogP contribution is 2.20. The molecule has 116 valence electrons. The fraction of sp³-hybridized carbons (Fsp3) is 0.438. The van der Waals surface area contributed by atoms with Gasteiger partial charge in [0, 0.05) is 12.1 Å². The second-order valence-corrected chi connectivity index (χ2v) is 5.65. The third-order valence-electron chi connectivity index (χ3n) is 3.21. The SMILES string of the molecule is CC(C)COC(=O)NCc1ccc(C(=O)N2CC2C#N)cc1. The molecule has 1 atom stereocenters. The molecule has 1 saturated heterocycles. The number of nitriles is 1. The largest absolute Gasteiger partial charge is 0.449 e. The second kappa shape index (κ2) is 6.94. The van der Waals surface area contributed by atoms with Crippen molar-refractivity contribution in [3.63, 3.8) is 0 Å². The van der Waals surface area contributed by atoms with E-state index in [4.69, 9.17) is 10.00 Å². The van der Waals surface area contributed by atoms with Crippen molar-refractivity contribution >= 4 is 12.0 Å². The molecule has 1 heterocycles. The minimum absolute atomic E-state index is 0.137. The minimum Gasteiger partial charge on any atom is -0.449 e. The van der Waals surface area contributed by atoms with Gasteiger partial charge in [0.15, 0.2) is 0 Å². The summed E-state index contributed by atoms with van der Waals surface area (Å²) in [5.74, 6) is 0.160. The van der Waals surface area contributed by atoms with Crippen molar-refractivity contribution in [1.82, 2.24) is 10.2 Å². The summed E-state index contributed by atoms with van der Waals surface area (Å²) in [6, 6.07) is 8.72.